The van der Waals surface area contributed by atoms with Gasteiger partial charge in [0.1, 0.15) is 23.1 Å². The van der Waals surface area contributed by atoms with Gasteiger partial charge in [-0.15, -0.1) is 0 Å². The van der Waals surface area contributed by atoms with Crippen LogP contribution in [0.5, 0.6) is 0 Å². The molecule has 0 spiro atoms. The van der Waals surface area contributed by atoms with Crippen LogP contribution in [-0.2, 0) is 4.74 Å². The van der Waals surface area contributed by atoms with Crippen molar-refractivity contribution in [3.63, 3.8) is 0 Å². The van der Waals surface area contributed by atoms with Crippen LogP contribution < -0.4 is 5.56 Å². The summed E-state index contributed by atoms with van der Waals surface area (Å²) >= 11 is 0. The number of H-pyrrole nitrogens is 1. The van der Waals surface area contributed by atoms with Crippen molar-refractivity contribution in [2.24, 2.45) is 0 Å². The summed E-state index contributed by atoms with van der Waals surface area (Å²) in [7, 11) is 0. The number of carbonyl (C=O) groups excluding carboxylic acids is 2. The van der Waals surface area contributed by atoms with E-state index in [1.54, 1.807) is 13.0 Å². The molecule has 6 nitrogen and oxygen atoms in total. The molecule has 23 heavy (non-hydrogen) atoms. The molecular formula is C16H11FN2O4. The number of aromatic amines is 1. The fourth-order valence-electron chi connectivity index (χ4n) is 1.91. The van der Waals surface area contributed by atoms with Crippen molar-refractivity contribution >= 4 is 11.8 Å². The summed E-state index contributed by atoms with van der Waals surface area (Å²) in [5.74, 6) is -2.05. The normalized spacial score (nSPS) is 9.96. The number of nitrogens with zero attached hydrogens (tertiary/aromatic N) is 1. The maximum absolute atomic E-state index is 13.0. The second-order valence-corrected chi connectivity index (χ2v) is 4.47. The lowest BCUT2D eigenvalue weighted by Gasteiger charge is -2.08. The van der Waals surface area contributed by atoms with Crippen LogP contribution in [0.4, 0.5) is 4.39 Å². The maximum Gasteiger partial charge on any atom is 0.355 e. The highest BCUT2D eigenvalue weighted by Gasteiger charge is 2.22. The lowest BCUT2D eigenvalue weighted by atomic mass is 10.0. The molecule has 1 aromatic carbocycles. The van der Waals surface area contributed by atoms with E-state index in [1.165, 1.54) is 12.1 Å². The van der Waals surface area contributed by atoms with E-state index >= 15 is 0 Å². The number of nitrogens with one attached hydrogen (secondary N) is 1. The highest BCUT2D eigenvalue weighted by atomic mass is 19.1. The Morgan fingerprint density at radius 3 is 2.52 bits per heavy atom. The molecule has 0 radical (unpaired) electrons. The van der Waals surface area contributed by atoms with Gasteiger partial charge in [0.2, 0.25) is 0 Å². The van der Waals surface area contributed by atoms with E-state index in [0.717, 1.165) is 18.2 Å². The van der Waals surface area contributed by atoms with Crippen LogP contribution in [0.2, 0.25) is 0 Å². The molecule has 1 heterocycles. The Morgan fingerprint density at radius 1 is 1.30 bits per heavy atom. The summed E-state index contributed by atoms with van der Waals surface area (Å²) in [6, 6.07) is 7.33. The van der Waals surface area contributed by atoms with Crippen LogP contribution >= 0.6 is 0 Å². The predicted octanol–water partition coefficient (Wildman–Crippen LogP) is 1.79. The quantitative estimate of drug-likeness (QED) is 0.685. The third-order valence-electron chi connectivity index (χ3n) is 2.99. The zero-order valence-electron chi connectivity index (χ0n) is 12.1. The number of esters is 1. The molecule has 0 aliphatic heterocycles. The van der Waals surface area contributed by atoms with E-state index in [4.69, 9.17) is 10.00 Å². The van der Waals surface area contributed by atoms with Gasteiger partial charge >= 0.3 is 5.97 Å². The van der Waals surface area contributed by atoms with Crippen LogP contribution in [0.3, 0.4) is 0 Å². The van der Waals surface area contributed by atoms with E-state index < -0.39 is 23.1 Å². The summed E-state index contributed by atoms with van der Waals surface area (Å²) in [6.45, 7) is 1.62. The number of nitriles is 1. The zero-order chi connectivity index (χ0) is 17.0. The van der Waals surface area contributed by atoms with Crippen molar-refractivity contribution in [3.8, 4) is 6.07 Å². The number of hydrogen-bond donors (Lipinski definition) is 1. The van der Waals surface area contributed by atoms with Crippen molar-refractivity contribution in [3.05, 3.63) is 68.9 Å². The minimum Gasteiger partial charge on any atom is -0.461 e. The van der Waals surface area contributed by atoms with Gasteiger partial charge in [0.05, 0.1) is 12.2 Å². The second kappa shape index (κ2) is 6.66. The van der Waals surface area contributed by atoms with E-state index in [2.05, 4.69) is 4.98 Å². The van der Waals surface area contributed by atoms with Gasteiger partial charge in [-0.1, -0.05) is 0 Å². The zero-order valence-corrected chi connectivity index (χ0v) is 12.1. The van der Waals surface area contributed by atoms with E-state index in [-0.39, 0.29) is 29.0 Å². The largest absolute Gasteiger partial charge is 0.461 e. The molecule has 1 aromatic heterocycles. The number of benzene rings is 1. The first-order valence-corrected chi connectivity index (χ1v) is 6.62. The summed E-state index contributed by atoms with van der Waals surface area (Å²) in [6.07, 6.45) is 0. The van der Waals surface area contributed by atoms with Crippen molar-refractivity contribution in [1.29, 1.82) is 5.26 Å². The van der Waals surface area contributed by atoms with Crippen molar-refractivity contribution in [2.75, 3.05) is 6.61 Å². The van der Waals surface area contributed by atoms with E-state index in [9.17, 15) is 18.8 Å². The summed E-state index contributed by atoms with van der Waals surface area (Å²) < 4.78 is 17.8. The molecule has 0 amide bonds. The number of carbonyl (C=O) groups is 2. The molecule has 0 unspecified atom stereocenters. The average molecular weight is 314 g/mol. The highest BCUT2D eigenvalue weighted by Crippen LogP contribution is 2.15. The number of hydrogen-bond acceptors (Lipinski definition) is 5. The molecular weight excluding hydrogens is 303 g/mol. The van der Waals surface area contributed by atoms with Gasteiger partial charge in [-0.25, -0.2) is 9.18 Å². The third-order valence-corrected chi connectivity index (χ3v) is 2.99. The van der Waals surface area contributed by atoms with Gasteiger partial charge in [0, 0.05) is 5.56 Å². The first-order valence-electron chi connectivity index (χ1n) is 6.62. The predicted molar refractivity (Wildman–Crippen MR) is 77.6 cm³/mol. The van der Waals surface area contributed by atoms with Crippen LogP contribution in [0, 0.1) is 17.1 Å². The molecule has 0 saturated carbocycles. The Kier molecular flexibility index (Phi) is 4.66. The number of rotatable bonds is 4. The van der Waals surface area contributed by atoms with Crippen LogP contribution in [0.15, 0.2) is 35.1 Å². The van der Waals surface area contributed by atoms with Gasteiger partial charge < -0.3 is 9.72 Å². The van der Waals surface area contributed by atoms with Crippen molar-refractivity contribution < 1.29 is 18.7 Å². The Hall–Kier alpha value is -3.27. The monoisotopic (exact) mass is 314 g/mol. The molecule has 0 atom stereocenters. The van der Waals surface area contributed by atoms with Gasteiger partial charge in [0.25, 0.3) is 5.56 Å². The molecule has 7 heteroatoms. The molecule has 0 aliphatic carbocycles. The molecule has 0 bridgehead atoms. The molecule has 116 valence electrons. The van der Waals surface area contributed by atoms with Gasteiger partial charge in [-0.2, -0.15) is 5.26 Å². The van der Waals surface area contributed by atoms with E-state index in [1.807, 2.05) is 0 Å². The number of aromatic nitrogens is 1. The second-order valence-electron chi connectivity index (χ2n) is 4.47. The highest BCUT2D eigenvalue weighted by molar-refractivity contribution is 6.13. The summed E-state index contributed by atoms with van der Waals surface area (Å²) in [5, 5.41) is 8.92. The Bertz CT molecular complexity index is 863. The number of ether oxygens (including phenoxy) is 1. The fraction of sp³-hybridized carbons (Fsp3) is 0.125. The minimum atomic E-state index is -0.889. The Labute approximate surface area is 130 Å². The maximum atomic E-state index is 13.0. The molecule has 0 aliphatic rings. The molecule has 0 fully saturated rings. The number of halogens is 1. The molecule has 0 saturated heterocycles. The fourth-order valence-corrected chi connectivity index (χ4v) is 1.91. The van der Waals surface area contributed by atoms with Gasteiger partial charge in [-0.05, 0) is 37.3 Å². The number of ketones is 1. The van der Waals surface area contributed by atoms with Crippen LogP contribution in [-0.4, -0.2) is 23.3 Å². The average Bonchev–Trinajstić information content (AvgIpc) is 2.55. The van der Waals surface area contributed by atoms with Crippen LogP contribution in [0.1, 0.15) is 38.9 Å². The Balaban J connectivity index is 2.61. The summed E-state index contributed by atoms with van der Waals surface area (Å²) in [5.41, 5.74) is -1.54. The number of pyridine rings is 1. The van der Waals surface area contributed by atoms with E-state index in [0.29, 0.717) is 0 Å². The Morgan fingerprint density at radius 2 is 1.96 bits per heavy atom. The molecule has 2 rings (SSSR count). The molecule has 1 N–H and O–H groups in total. The van der Waals surface area contributed by atoms with Crippen LogP contribution in [0.25, 0.3) is 0 Å². The molecule has 2 aromatic rings. The third kappa shape index (κ3) is 3.32. The first kappa shape index (κ1) is 16.1. The van der Waals surface area contributed by atoms with Gasteiger partial charge in [0.15, 0.2) is 5.78 Å². The van der Waals surface area contributed by atoms with Crippen molar-refractivity contribution in [1.82, 2.24) is 4.98 Å². The summed E-state index contributed by atoms with van der Waals surface area (Å²) in [4.78, 5) is 38.3. The SMILES string of the molecule is CCOC(=O)c1[nH]c(=O)c(C#N)cc1C(=O)c1ccc(F)cc1. The van der Waals surface area contributed by atoms with Gasteiger partial charge in [-0.3, -0.25) is 9.59 Å². The minimum absolute atomic E-state index is 0.0467. The first-order chi connectivity index (χ1) is 11.0. The standard InChI is InChI=1S/C16H11FN2O4/c1-2-23-16(22)13-12(7-10(8-18)15(21)19-13)14(20)9-3-5-11(17)6-4-9/h3-7H,2H2,1H3,(H,19,21). The topological polar surface area (TPSA) is 100 Å². The lowest BCUT2D eigenvalue weighted by molar-refractivity contribution is 0.0516. The lowest BCUT2D eigenvalue weighted by Crippen LogP contribution is -2.22. The van der Waals surface area contributed by atoms with Crippen molar-refractivity contribution in [2.45, 2.75) is 6.92 Å². The smallest absolute Gasteiger partial charge is 0.355 e.